The number of carboxylic acid groups (broad SMARTS) is 1. The summed E-state index contributed by atoms with van der Waals surface area (Å²) in [5, 5.41) is 21.4. The van der Waals surface area contributed by atoms with Crippen LogP contribution in [0.5, 0.6) is 0 Å². The molecule has 0 bridgehead atoms. The summed E-state index contributed by atoms with van der Waals surface area (Å²) in [6, 6.07) is 3.59. The van der Waals surface area contributed by atoms with Crippen molar-refractivity contribution in [2.45, 2.75) is 63.5 Å². The molecule has 2 aliphatic heterocycles. The van der Waals surface area contributed by atoms with E-state index in [1.54, 1.807) is 0 Å². The highest BCUT2D eigenvalue weighted by atomic mass is 32.1. The van der Waals surface area contributed by atoms with Crippen LogP contribution in [0, 0.1) is 5.82 Å². The quantitative estimate of drug-likeness (QED) is 0.317. The van der Waals surface area contributed by atoms with E-state index in [0.717, 1.165) is 44.0 Å². The van der Waals surface area contributed by atoms with Gasteiger partial charge < -0.3 is 31.3 Å². The number of anilines is 1. The summed E-state index contributed by atoms with van der Waals surface area (Å²) < 4.78 is 13.1. The molecule has 1 aromatic heterocycles. The Balaban J connectivity index is 1.34. The van der Waals surface area contributed by atoms with Gasteiger partial charge in [0.1, 0.15) is 16.7 Å². The van der Waals surface area contributed by atoms with Crippen molar-refractivity contribution in [1.29, 1.82) is 0 Å². The lowest BCUT2D eigenvalue weighted by molar-refractivity contribution is -0.138. The maximum atomic E-state index is 13.1. The number of carbonyl (C=O) groups is 3. The van der Waals surface area contributed by atoms with Gasteiger partial charge in [0, 0.05) is 24.2 Å². The van der Waals surface area contributed by atoms with Crippen molar-refractivity contribution in [3.8, 4) is 0 Å². The van der Waals surface area contributed by atoms with Gasteiger partial charge >= 0.3 is 12.0 Å². The number of thiazole rings is 1. The molecule has 12 heteroatoms. The van der Waals surface area contributed by atoms with Crippen LogP contribution in [0.25, 0.3) is 0 Å². The van der Waals surface area contributed by atoms with E-state index in [2.05, 4.69) is 26.2 Å². The number of aromatic nitrogens is 1. The van der Waals surface area contributed by atoms with Crippen molar-refractivity contribution >= 4 is 34.9 Å². The molecule has 5 N–H and O–H groups in total. The molecule has 2 fully saturated rings. The number of amides is 3. The standard InChI is InChI=1S/C27H37FN6O4S/c1-16(2)22-23(39-25(33-22)17-9-13-34(14-10-17)20-7-11-29-12-8-20)24(35)30-15-21(26(36)37)32-27(38)31-19-5-3-18(28)4-6-19/h3-6,16-17,20-21,29H,7-15H2,1-2H3,(H,30,35)(H,36,37)(H2,31,32,38). The molecule has 0 radical (unpaired) electrons. The summed E-state index contributed by atoms with van der Waals surface area (Å²) in [6.45, 7) is 7.87. The molecule has 2 aromatic rings. The minimum Gasteiger partial charge on any atom is -0.480 e. The van der Waals surface area contributed by atoms with Crippen LogP contribution < -0.4 is 21.3 Å². The molecule has 3 amide bonds. The Morgan fingerprint density at radius 3 is 2.41 bits per heavy atom. The molecular weight excluding hydrogens is 523 g/mol. The number of rotatable bonds is 9. The van der Waals surface area contributed by atoms with Crippen molar-refractivity contribution in [2.75, 3.05) is 38.0 Å². The van der Waals surface area contributed by atoms with Crippen LogP contribution in [0.15, 0.2) is 24.3 Å². The second-order valence-electron chi connectivity index (χ2n) is 10.4. The van der Waals surface area contributed by atoms with E-state index >= 15 is 0 Å². The number of carboxylic acids is 1. The van der Waals surface area contributed by atoms with E-state index in [1.807, 2.05) is 13.8 Å². The Morgan fingerprint density at radius 1 is 1.13 bits per heavy atom. The smallest absolute Gasteiger partial charge is 0.328 e. The molecule has 2 saturated heterocycles. The maximum Gasteiger partial charge on any atom is 0.328 e. The fourth-order valence-electron chi connectivity index (χ4n) is 5.09. The number of aliphatic carboxylic acids is 1. The normalized spacial score (nSPS) is 18.1. The average Bonchev–Trinajstić information content (AvgIpc) is 3.39. The largest absolute Gasteiger partial charge is 0.480 e. The van der Waals surface area contributed by atoms with Gasteiger partial charge in [-0.15, -0.1) is 11.3 Å². The Hall–Kier alpha value is -3.09. The highest BCUT2D eigenvalue weighted by Gasteiger charge is 2.31. The lowest BCUT2D eigenvalue weighted by atomic mass is 9.94. The number of carbonyl (C=O) groups excluding carboxylic acids is 2. The fraction of sp³-hybridized carbons (Fsp3) is 0.556. The number of hydrogen-bond acceptors (Lipinski definition) is 7. The van der Waals surface area contributed by atoms with Gasteiger partial charge in [0.25, 0.3) is 5.91 Å². The summed E-state index contributed by atoms with van der Waals surface area (Å²) in [6.07, 6.45) is 4.38. The zero-order valence-corrected chi connectivity index (χ0v) is 23.2. The van der Waals surface area contributed by atoms with Gasteiger partial charge in [-0.1, -0.05) is 13.8 Å². The van der Waals surface area contributed by atoms with Crippen molar-refractivity contribution in [3.05, 3.63) is 45.7 Å². The van der Waals surface area contributed by atoms with E-state index in [0.29, 0.717) is 28.2 Å². The lowest BCUT2D eigenvalue weighted by Crippen LogP contribution is -2.49. The van der Waals surface area contributed by atoms with Crippen molar-refractivity contribution in [2.24, 2.45) is 0 Å². The number of piperidine rings is 2. The number of benzene rings is 1. The molecule has 1 atom stereocenters. The summed E-state index contributed by atoms with van der Waals surface area (Å²) >= 11 is 1.39. The molecule has 0 saturated carbocycles. The Labute approximate surface area is 231 Å². The Kier molecular flexibility index (Phi) is 9.87. The highest BCUT2D eigenvalue weighted by molar-refractivity contribution is 7.13. The van der Waals surface area contributed by atoms with Gasteiger partial charge in [0.05, 0.1) is 10.7 Å². The highest BCUT2D eigenvalue weighted by Crippen LogP contribution is 2.35. The summed E-state index contributed by atoms with van der Waals surface area (Å²) in [5.74, 6) is -1.82. The van der Waals surface area contributed by atoms with Crippen molar-refractivity contribution in [3.63, 3.8) is 0 Å². The van der Waals surface area contributed by atoms with Crippen LogP contribution in [-0.2, 0) is 4.79 Å². The second-order valence-corrected chi connectivity index (χ2v) is 11.4. The molecule has 212 valence electrons. The molecule has 0 spiro atoms. The SMILES string of the molecule is CC(C)c1nc(C2CCN(C3CCNCC3)CC2)sc1C(=O)NCC(NC(=O)Nc1ccc(F)cc1)C(=O)O. The number of urea groups is 1. The molecule has 2 aliphatic rings. The van der Waals surface area contributed by atoms with Gasteiger partial charge in [-0.25, -0.2) is 19.0 Å². The summed E-state index contributed by atoms with van der Waals surface area (Å²) in [7, 11) is 0. The third-order valence-corrected chi connectivity index (χ3v) is 8.53. The minimum atomic E-state index is -1.36. The topological polar surface area (TPSA) is 136 Å². The average molecular weight is 561 g/mol. The number of nitrogens with zero attached hydrogens (tertiary/aromatic N) is 2. The predicted molar refractivity (Wildman–Crippen MR) is 148 cm³/mol. The second kappa shape index (κ2) is 13.3. The van der Waals surface area contributed by atoms with Gasteiger partial charge in [-0.2, -0.15) is 0 Å². The molecule has 1 unspecified atom stereocenters. The molecule has 39 heavy (non-hydrogen) atoms. The van der Waals surface area contributed by atoms with Crippen LogP contribution in [-0.4, -0.2) is 77.7 Å². The van der Waals surface area contributed by atoms with Crippen LogP contribution in [0.1, 0.15) is 71.7 Å². The molecule has 3 heterocycles. The van der Waals surface area contributed by atoms with Gasteiger partial charge in [0.2, 0.25) is 0 Å². The lowest BCUT2D eigenvalue weighted by Gasteiger charge is -2.39. The number of hydrogen-bond donors (Lipinski definition) is 5. The first kappa shape index (κ1) is 28.9. The van der Waals surface area contributed by atoms with Crippen molar-refractivity contribution in [1.82, 2.24) is 25.8 Å². The number of likely N-dealkylation sites (tertiary alicyclic amines) is 1. The first-order chi connectivity index (χ1) is 18.7. The Morgan fingerprint density at radius 2 is 1.79 bits per heavy atom. The van der Waals surface area contributed by atoms with E-state index in [4.69, 9.17) is 4.98 Å². The van der Waals surface area contributed by atoms with Crippen LogP contribution in [0.4, 0.5) is 14.9 Å². The first-order valence-corrected chi connectivity index (χ1v) is 14.3. The van der Waals surface area contributed by atoms with Gasteiger partial charge in [-0.3, -0.25) is 4.79 Å². The van der Waals surface area contributed by atoms with E-state index in [9.17, 15) is 23.9 Å². The Bertz CT molecular complexity index is 1140. The van der Waals surface area contributed by atoms with E-state index in [-0.39, 0.29) is 12.5 Å². The van der Waals surface area contributed by atoms with Crippen LogP contribution >= 0.6 is 11.3 Å². The third kappa shape index (κ3) is 7.74. The maximum absolute atomic E-state index is 13.1. The van der Waals surface area contributed by atoms with Crippen LogP contribution in [0.2, 0.25) is 0 Å². The molecule has 1 aromatic carbocycles. The molecular formula is C27H37FN6O4S. The van der Waals surface area contributed by atoms with Crippen LogP contribution in [0.3, 0.4) is 0 Å². The minimum absolute atomic E-state index is 0.0282. The zero-order valence-electron chi connectivity index (χ0n) is 22.3. The van der Waals surface area contributed by atoms with Gasteiger partial charge in [0.15, 0.2) is 0 Å². The molecule has 10 nitrogen and oxygen atoms in total. The van der Waals surface area contributed by atoms with Crippen molar-refractivity contribution < 1.29 is 23.9 Å². The predicted octanol–water partition coefficient (Wildman–Crippen LogP) is 3.34. The summed E-state index contributed by atoms with van der Waals surface area (Å²) in [5.41, 5.74) is 1.02. The van der Waals surface area contributed by atoms with E-state index < -0.39 is 29.8 Å². The fourth-order valence-corrected chi connectivity index (χ4v) is 6.40. The third-order valence-electron chi connectivity index (χ3n) is 7.30. The monoisotopic (exact) mass is 560 g/mol. The first-order valence-electron chi connectivity index (χ1n) is 13.5. The van der Waals surface area contributed by atoms with Gasteiger partial charge in [-0.05, 0) is 82.0 Å². The molecule has 0 aliphatic carbocycles. The summed E-state index contributed by atoms with van der Waals surface area (Å²) in [4.78, 5) is 45.1. The number of nitrogens with one attached hydrogen (secondary N) is 4. The molecule has 4 rings (SSSR count). The van der Waals surface area contributed by atoms with E-state index in [1.165, 1.54) is 48.4 Å². The number of halogens is 1. The zero-order chi connectivity index (χ0) is 27.9.